The van der Waals surface area contributed by atoms with Crippen LogP contribution in [0.5, 0.6) is 0 Å². The first-order valence-electron chi connectivity index (χ1n) is 11.3. The minimum Gasteiger partial charge on any atom is -0.336 e. The molecular weight excluding hydrogens is 539 g/mol. The monoisotopic (exact) mass is 562 g/mol. The number of hydrogen-bond acceptors (Lipinski definition) is 6. The molecule has 1 aromatic carbocycles. The second kappa shape index (κ2) is 11.1. The number of thiophene rings is 1. The molecule has 194 valence electrons. The van der Waals surface area contributed by atoms with Crippen LogP contribution in [0.25, 0.3) is 5.57 Å². The van der Waals surface area contributed by atoms with Crippen LogP contribution >= 0.6 is 22.9 Å². The lowest BCUT2D eigenvalue weighted by Gasteiger charge is -2.20. The Morgan fingerprint density at radius 3 is 2.73 bits per heavy atom. The highest BCUT2D eigenvalue weighted by Crippen LogP contribution is 2.29. The molecule has 2 aromatic heterocycles. The maximum absolute atomic E-state index is 15.0. The van der Waals surface area contributed by atoms with Gasteiger partial charge in [0.05, 0.1) is 27.7 Å². The van der Waals surface area contributed by atoms with Crippen LogP contribution in [0, 0.1) is 5.82 Å². The Balaban J connectivity index is 1.43. The van der Waals surface area contributed by atoms with Gasteiger partial charge in [-0.15, -0.1) is 11.3 Å². The molecule has 1 aliphatic rings. The predicted octanol–water partition coefficient (Wildman–Crippen LogP) is 4.29. The van der Waals surface area contributed by atoms with Gasteiger partial charge >= 0.3 is 0 Å². The summed E-state index contributed by atoms with van der Waals surface area (Å²) in [6.07, 6.45) is 1.79. The number of carbonyl (C=O) groups excluding carboxylic acids is 2. The molecule has 37 heavy (non-hydrogen) atoms. The average Bonchev–Trinajstić information content (AvgIpc) is 3.44. The summed E-state index contributed by atoms with van der Waals surface area (Å²) < 4.78 is 43.2. The SMILES string of the molecule is CC(=CS(=O)(=O)NC1CCN(c2ccc(C(=O)N(C)Cc3ccccn3)cc2F)C1=O)c1ccc(Cl)s1. The van der Waals surface area contributed by atoms with Gasteiger partial charge < -0.3 is 9.80 Å². The summed E-state index contributed by atoms with van der Waals surface area (Å²) in [4.78, 5) is 33.2. The van der Waals surface area contributed by atoms with Crippen molar-refractivity contribution in [3.63, 3.8) is 0 Å². The summed E-state index contributed by atoms with van der Waals surface area (Å²) in [6.45, 7) is 2.01. The summed E-state index contributed by atoms with van der Waals surface area (Å²) in [6, 6.07) is 11.6. The molecule has 1 N–H and O–H groups in total. The normalized spacial score (nSPS) is 16.3. The average molecular weight is 563 g/mol. The zero-order valence-corrected chi connectivity index (χ0v) is 22.4. The van der Waals surface area contributed by atoms with Crippen molar-refractivity contribution in [2.45, 2.75) is 25.9 Å². The third kappa shape index (κ3) is 6.42. The largest absolute Gasteiger partial charge is 0.336 e. The molecule has 3 heterocycles. The van der Waals surface area contributed by atoms with Crippen LogP contribution in [-0.4, -0.2) is 49.8 Å². The molecule has 1 fully saturated rings. The summed E-state index contributed by atoms with van der Waals surface area (Å²) in [7, 11) is -2.36. The zero-order valence-electron chi connectivity index (χ0n) is 20.0. The fourth-order valence-electron chi connectivity index (χ4n) is 3.96. The number of benzene rings is 1. The Hall–Kier alpha value is -3.12. The van der Waals surface area contributed by atoms with Crippen molar-refractivity contribution in [3.05, 3.63) is 86.4 Å². The maximum Gasteiger partial charge on any atom is 0.254 e. The van der Waals surface area contributed by atoms with E-state index in [0.29, 0.717) is 20.5 Å². The van der Waals surface area contributed by atoms with Gasteiger partial charge in [-0.05, 0) is 61.4 Å². The van der Waals surface area contributed by atoms with Crippen molar-refractivity contribution >= 4 is 56.0 Å². The van der Waals surface area contributed by atoms with Crippen LogP contribution in [0.4, 0.5) is 10.1 Å². The van der Waals surface area contributed by atoms with Crippen molar-refractivity contribution in [1.29, 1.82) is 0 Å². The first kappa shape index (κ1) is 26.9. The van der Waals surface area contributed by atoms with Gasteiger partial charge in [-0.3, -0.25) is 14.6 Å². The van der Waals surface area contributed by atoms with Crippen molar-refractivity contribution in [3.8, 4) is 0 Å². The Kier molecular flexibility index (Phi) is 8.08. The van der Waals surface area contributed by atoms with E-state index in [4.69, 9.17) is 11.6 Å². The number of rotatable bonds is 8. The lowest BCUT2D eigenvalue weighted by Crippen LogP contribution is -2.41. The summed E-state index contributed by atoms with van der Waals surface area (Å²) in [5, 5.41) is 1.05. The minimum atomic E-state index is -3.95. The topological polar surface area (TPSA) is 99.7 Å². The fourth-order valence-corrected chi connectivity index (χ4v) is 6.33. The van der Waals surface area contributed by atoms with Crippen molar-refractivity contribution < 1.29 is 22.4 Å². The van der Waals surface area contributed by atoms with E-state index in [2.05, 4.69) is 9.71 Å². The highest BCUT2D eigenvalue weighted by Gasteiger charge is 2.36. The van der Waals surface area contributed by atoms with Crippen LogP contribution in [0.3, 0.4) is 0 Å². The van der Waals surface area contributed by atoms with Gasteiger partial charge in [-0.2, -0.15) is 4.72 Å². The summed E-state index contributed by atoms with van der Waals surface area (Å²) in [5.41, 5.74) is 1.27. The number of amides is 2. The molecule has 0 radical (unpaired) electrons. The van der Waals surface area contributed by atoms with Crippen molar-refractivity contribution in [1.82, 2.24) is 14.6 Å². The van der Waals surface area contributed by atoms with Gasteiger partial charge in [-0.1, -0.05) is 17.7 Å². The van der Waals surface area contributed by atoms with Gasteiger partial charge in [0.2, 0.25) is 15.9 Å². The molecule has 0 spiro atoms. The first-order chi connectivity index (χ1) is 17.5. The molecule has 4 rings (SSSR count). The third-order valence-corrected chi connectivity index (χ3v) is 8.41. The van der Waals surface area contributed by atoms with Gasteiger partial charge in [0.15, 0.2) is 0 Å². The lowest BCUT2D eigenvalue weighted by molar-refractivity contribution is -0.118. The fraction of sp³-hybridized carbons (Fsp3) is 0.240. The Morgan fingerprint density at radius 1 is 1.30 bits per heavy atom. The number of pyridine rings is 1. The van der Waals surface area contributed by atoms with Crippen LogP contribution in [0.1, 0.15) is 34.3 Å². The Labute approximate surface area is 223 Å². The number of carbonyl (C=O) groups is 2. The van der Waals surface area contributed by atoms with Gasteiger partial charge in [-0.25, -0.2) is 12.8 Å². The number of aromatic nitrogens is 1. The number of nitrogens with one attached hydrogen (secondary N) is 1. The molecule has 1 aliphatic heterocycles. The van der Waals surface area contributed by atoms with Crippen LogP contribution in [-0.2, 0) is 21.4 Å². The van der Waals surface area contributed by atoms with E-state index in [1.54, 1.807) is 44.4 Å². The molecule has 8 nitrogen and oxygen atoms in total. The van der Waals surface area contributed by atoms with Gasteiger partial charge in [0.1, 0.15) is 11.9 Å². The molecule has 2 amide bonds. The highest BCUT2D eigenvalue weighted by atomic mass is 35.5. The van der Waals surface area contributed by atoms with E-state index in [9.17, 15) is 18.0 Å². The number of hydrogen-bond donors (Lipinski definition) is 1. The van der Waals surface area contributed by atoms with Crippen LogP contribution in [0.2, 0.25) is 4.34 Å². The maximum atomic E-state index is 15.0. The predicted molar refractivity (Wildman–Crippen MR) is 142 cm³/mol. The second-order valence-electron chi connectivity index (χ2n) is 8.55. The number of allylic oxidation sites excluding steroid dienone is 1. The molecule has 1 atom stereocenters. The van der Waals surface area contributed by atoms with Crippen LogP contribution in [0.15, 0.2) is 60.1 Å². The highest BCUT2D eigenvalue weighted by molar-refractivity contribution is 7.92. The number of halogens is 2. The zero-order chi connectivity index (χ0) is 26.7. The molecule has 0 aliphatic carbocycles. The molecular formula is C25H24ClFN4O4S2. The molecule has 3 aromatic rings. The second-order valence-corrected chi connectivity index (χ2v) is 11.8. The van der Waals surface area contributed by atoms with E-state index in [1.807, 2.05) is 6.07 Å². The van der Waals surface area contributed by atoms with E-state index in [0.717, 1.165) is 11.5 Å². The van der Waals surface area contributed by atoms with E-state index >= 15 is 4.39 Å². The smallest absolute Gasteiger partial charge is 0.254 e. The van der Waals surface area contributed by atoms with Gasteiger partial charge in [0.25, 0.3) is 5.91 Å². The quantitative estimate of drug-likeness (QED) is 0.441. The molecule has 12 heteroatoms. The molecule has 1 unspecified atom stereocenters. The number of sulfonamides is 1. The van der Waals surface area contributed by atoms with E-state index in [-0.39, 0.29) is 30.8 Å². The van der Waals surface area contributed by atoms with Gasteiger partial charge in [0, 0.05) is 30.2 Å². The van der Waals surface area contributed by atoms with E-state index < -0.39 is 33.7 Å². The standard InChI is InChI=1S/C25H24ClFN4O4S2/c1-16(22-8-9-23(26)36-22)15-37(34,35)29-20-10-12-31(25(20)33)21-7-6-17(13-19(21)27)24(32)30(2)14-18-5-3-4-11-28-18/h3-9,11,13,15,20,29H,10,12,14H2,1-2H3. The van der Waals surface area contributed by atoms with E-state index in [1.165, 1.54) is 33.3 Å². The Bertz CT molecular complexity index is 1460. The third-order valence-electron chi connectivity index (χ3n) is 5.76. The lowest BCUT2D eigenvalue weighted by atomic mass is 10.1. The molecule has 1 saturated heterocycles. The first-order valence-corrected chi connectivity index (χ1v) is 14.0. The number of anilines is 1. The summed E-state index contributed by atoms with van der Waals surface area (Å²) >= 11 is 7.16. The van der Waals surface area contributed by atoms with Crippen LogP contribution < -0.4 is 9.62 Å². The summed E-state index contributed by atoms with van der Waals surface area (Å²) in [5.74, 6) is -1.72. The Morgan fingerprint density at radius 2 is 2.08 bits per heavy atom. The minimum absolute atomic E-state index is 0.0180. The molecule has 0 saturated carbocycles. The number of nitrogens with zero attached hydrogens (tertiary/aromatic N) is 3. The van der Waals surface area contributed by atoms with Crippen molar-refractivity contribution in [2.24, 2.45) is 0 Å². The van der Waals surface area contributed by atoms with Crippen molar-refractivity contribution in [2.75, 3.05) is 18.5 Å². The molecule has 0 bridgehead atoms.